The molecule has 1 aromatic heterocycles. The van der Waals surface area contributed by atoms with Crippen LogP contribution in [0.1, 0.15) is 18.9 Å². The monoisotopic (exact) mass is 176 g/mol. The lowest BCUT2D eigenvalue weighted by atomic mass is 10.2. The summed E-state index contributed by atoms with van der Waals surface area (Å²) >= 11 is 0. The molecule has 1 N–H and O–H groups in total. The largest absolute Gasteiger partial charge is 0.310 e. The van der Waals surface area contributed by atoms with Crippen molar-refractivity contribution in [2.75, 3.05) is 0 Å². The zero-order chi connectivity index (χ0) is 9.52. The van der Waals surface area contributed by atoms with Crippen molar-refractivity contribution in [2.45, 2.75) is 25.9 Å². The summed E-state index contributed by atoms with van der Waals surface area (Å²) in [6.07, 6.45) is 6.57. The van der Waals surface area contributed by atoms with Crippen LogP contribution in [0.25, 0.3) is 0 Å². The SMILES string of the molecule is C=CCC(C)NCc1ccncc1. The zero-order valence-electron chi connectivity index (χ0n) is 8.03. The predicted octanol–water partition coefficient (Wildman–Crippen LogP) is 2.14. The Morgan fingerprint density at radius 2 is 2.23 bits per heavy atom. The first-order valence-electron chi connectivity index (χ1n) is 4.56. The van der Waals surface area contributed by atoms with Crippen LogP contribution in [0.2, 0.25) is 0 Å². The van der Waals surface area contributed by atoms with Crippen molar-refractivity contribution in [2.24, 2.45) is 0 Å². The first-order chi connectivity index (χ1) is 6.33. The average Bonchev–Trinajstić information content (AvgIpc) is 2.17. The smallest absolute Gasteiger partial charge is 0.0271 e. The van der Waals surface area contributed by atoms with Crippen LogP contribution >= 0.6 is 0 Å². The topological polar surface area (TPSA) is 24.9 Å². The number of rotatable bonds is 5. The number of aromatic nitrogens is 1. The lowest BCUT2D eigenvalue weighted by Crippen LogP contribution is -2.24. The van der Waals surface area contributed by atoms with Gasteiger partial charge < -0.3 is 5.32 Å². The van der Waals surface area contributed by atoms with Gasteiger partial charge in [-0.15, -0.1) is 6.58 Å². The maximum atomic E-state index is 3.96. The molecule has 1 unspecified atom stereocenters. The molecule has 0 spiro atoms. The van der Waals surface area contributed by atoms with Crippen LogP contribution < -0.4 is 5.32 Å². The average molecular weight is 176 g/mol. The Kier molecular flexibility index (Phi) is 4.19. The van der Waals surface area contributed by atoms with Crippen LogP contribution in [0.3, 0.4) is 0 Å². The molecule has 0 aliphatic rings. The van der Waals surface area contributed by atoms with Crippen LogP contribution in [0.4, 0.5) is 0 Å². The van der Waals surface area contributed by atoms with E-state index in [1.54, 1.807) is 0 Å². The number of hydrogen-bond donors (Lipinski definition) is 1. The van der Waals surface area contributed by atoms with Gasteiger partial charge >= 0.3 is 0 Å². The first-order valence-corrected chi connectivity index (χ1v) is 4.56. The van der Waals surface area contributed by atoms with E-state index in [0.29, 0.717) is 6.04 Å². The van der Waals surface area contributed by atoms with Crippen LogP contribution in [0, 0.1) is 0 Å². The fourth-order valence-corrected chi connectivity index (χ4v) is 1.13. The summed E-state index contributed by atoms with van der Waals surface area (Å²) in [7, 11) is 0. The Morgan fingerprint density at radius 1 is 1.54 bits per heavy atom. The Bertz CT molecular complexity index is 244. The van der Waals surface area contributed by atoms with Crippen molar-refractivity contribution in [1.29, 1.82) is 0 Å². The van der Waals surface area contributed by atoms with Crippen LogP contribution in [0.5, 0.6) is 0 Å². The van der Waals surface area contributed by atoms with Crippen LogP contribution in [-0.2, 0) is 6.54 Å². The number of nitrogens with zero attached hydrogens (tertiary/aromatic N) is 1. The molecule has 0 amide bonds. The fourth-order valence-electron chi connectivity index (χ4n) is 1.13. The van der Waals surface area contributed by atoms with Gasteiger partial charge in [-0.05, 0) is 31.0 Å². The van der Waals surface area contributed by atoms with Gasteiger partial charge in [0.25, 0.3) is 0 Å². The summed E-state index contributed by atoms with van der Waals surface area (Å²) < 4.78 is 0. The third kappa shape index (κ3) is 3.85. The minimum absolute atomic E-state index is 0.491. The predicted molar refractivity (Wildman–Crippen MR) is 55.4 cm³/mol. The number of pyridine rings is 1. The quantitative estimate of drug-likeness (QED) is 0.695. The van der Waals surface area contributed by atoms with Gasteiger partial charge in [0.2, 0.25) is 0 Å². The molecule has 0 aliphatic heterocycles. The summed E-state index contributed by atoms with van der Waals surface area (Å²) in [6, 6.07) is 4.53. The molecule has 2 nitrogen and oxygen atoms in total. The van der Waals surface area contributed by atoms with E-state index in [0.717, 1.165) is 13.0 Å². The van der Waals surface area contributed by atoms with Gasteiger partial charge in [-0.3, -0.25) is 4.98 Å². The van der Waals surface area contributed by atoms with Gasteiger partial charge in [0.1, 0.15) is 0 Å². The standard InChI is InChI=1S/C11H16N2/c1-3-4-10(2)13-9-11-5-7-12-8-6-11/h3,5-8,10,13H,1,4,9H2,2H3. The second-order valence-electron chi connectivity index (χ2n) is 3.16. The third-order valence-corrected chi connectivity index (χ3v) is 1.92. The molecule has 0 fully saturated rings. The van der Waals surface area contributed by atoms with E-state index in [1.165, 1.54) is 5.56 Å². The molecule has 0 aliphatic carbocycles. The molecule has 70 valence electrons. The molecular formula is C11H16N2. The van der Waals surface area contributed by atoms with Gasteiger partial charge in [0.05, 0.1) is 0 Å². The highest BCUT2D eigenvalue weighted by atomic mass is 14.9. The maximum Gasteiger partial charge on any atom is 0.0271 e. The summed E-state index contributed by atoms with van der Waals surface area (Å²) in [6.45, 7) is 6.76. The Labute approximate surface area is 79.7 Å². The molecule has 1 rings (SSSR count). The zero-order valence-corrected chi connectivity index (χ0v) is 8.03. The van der Waals surface area contributed by atoms with Crippen molar-refractivity contribution in [3.05, 3.63) is 42.7 Å². The Balaban J connectivity index is 2.30. The van der Waals surface area contributed by atoms with E-state index in [9.17, 15) is 0 Å². The molecule has 0 saturated heterocycles. The number of nitrogens with one attached hydrogen (secondary N) is 1. The van der Waals surface area contributed by atoms with E-state index in [1.807, 2.05) is 30.6 Å². The molecule has 0 radical (unpaired) electrons. The highest BCUT2D eigenvalue weighted by Crippen LogP contribution is 1.97. The van der Waals surface area contributed by atoms with Crippen molar-refractivity contribution in [1.82, 2.24) is 10.3 Å². The summed E-state index contributed by atoms with van der Waals surface area (Å²) in [4.78, 5) is 3.96. The lowest BCUT2D eigenvalue weighted by molar-refractivity contribution is 0.553. The molecule has 2 heteroatoms. The molecule has 0 saturated carbocycles. The van der Waals surface area contributed by atoms with Crippen molar-refractivity contribution < 1.29 is 0 Å². The molecule has 1 atom stereocenters. The summed E-state index contributed by atoms with van der Waals surface area (Å²) in [5, 5.41) is 3.40. The van der Waals surface area contributed by atoms with Gasteiger partial charge in [0.15, 0.2) is 0 Å². The minimum atomic E-state index is 0.491. The minimum Gasteiger partial charge on any atom is -0.310 e. The highest BCUT2D eigenvalue weighted by molar-refractivity contribution is 5.09. The highest BCUT2D eigenvalue weighted by Gasteiger charge is 1.97. The third-order valence-electron chi connectivity index (χ3n) is 1.92. The number of hydrogen-bond acceptors (Lipinski definition) is 2. The van der Waals surface area contributed by atoms with E-state index >= 15 is 0 Å². The lowest BCUT2D eigenvalue weighted by Gasteiger charge is -2.10. The van der Waals surface area contributed by atoms with Crippen LogP contribution in [0.15, 0.2) is 37.2 Å². The second-order valence-corrected chi connectivity index (χ2v) is 3.16. The summed E-state index contributed by atoms with van der Waals surface area (Å²) in [5.74, 6) is 0. The Hall–Kier alpha value is -1.15. The Morgan fingerprint density at radius 3 is 2.85 bits per heavy atom. The fraction of sp³-hybridized carbons (Fsp3) is 0.364. The van der Waals surface area contributed by atoms with Crippen molar-refractivity contribution >= 4 is 0 Å². The van der Waals surface area contributed by atoms with Crippen molar-refractivity contribution in [3.8, 4) is 0 Å². The molecule has 1 heterocycles. The van der Waals surface area contributed by atoms with Gasteiger partial charge in [-0.1, -0.05) is 6.08 Å². The summed E-state index contributed by atoms with van der Waals surface area (Å²) in [5.41, 5.74) is 1.27. The normalized spacial score (nSPS) is 12.4. The maximum absolute atomic E-state index is 3.96. The van der Waals surface area contributed by atoms with Gasteiger partial charge in [-0.25, -0.2) is 0 Å². The molecule has 1 aromatic rings. The van der Waals surface area contributed by atoms with E-state index in [4.69, 9.17) is 0 Å². The van der Waals surface area contributed by atoms with Crippen LogP contribution in [-0.4, -0.2) is 11.0 Å². The molecular weight excluding hydrogens is 160 g/mol. The van der Waals surface area contributed by atoms with E-state index in [2.05, 4.69) is 23.8 Å². The molecule has 0 bridgehead atoms. The van der Waals surface area contributed by atoms with Gasteiger partial charge in [-0.2, -0.15) is 0 Å². The molecule has 13 heavy (non-hydrogen) atoms. The second kappa shape index (κ2) is 5.49. The van der Waals surface area contributed by atoms with Gasteiger partial charge in [0, 0.05) is 25.0 Å². The van der Waals surface area contributed by atoms with E-state index in [-0.39, 0.29) is 0 Å². The first kappa shape index (κ1) is 9.93. The molecule has 0 aromatic carbocycles. The van der Waals surface area contributed by atoms with Crippen molar-refractivity contribution in [3.63, 3.8) is 0 Å². The van der Waals surface area contributed by atoms with E-state index < -0.39 is 0 Å².